The van der Waals surface area contributed by atoms with Gasteiger partial charge in [0.05, 0.1) is 11.8 Å². The molecule has 1 heterocycles. The summed E-state index contributed by atoms with van der Waals surface area (Å²) in [7, 11) is -3.21. The Morgan fingerprint density at radius 1 is 1.08 bits per heavy atom. The zero-order valence-corrected chi connectivity index (χ0v) is 15.2. The third-order valence-corrected chi connectivity index (χ3v) is 6.58. The minimum absolute atomic E-state index is 0.0112. The monoisotopic (exact) mass is 347 g/mol. The molecule has 0 saturated heterocycles. The molecule has 1 atom stereocenters. The van der Waals surface area contributed by atoms with E-state index in [9.17, 15) is 13.2 Å². The second-order valence-corrected chi connectivity index (χ2v) is 8.97. The van der Waals surface area contributed by atoms with Crippen molar-refractivity contribution in [3.8, 4) is 0 Å². The van der Waals surface area contributed by atoms with Crippen molar-refractivity contribution in [2.45, 2.75) is 52.0 Å². The summed E-state index contributed by atoms with van der Waals surface area (Å²) in [6.45, 7) is 4.05. The van der Waals surface area contributed by atoms with Crippen LogP contribution in [0, 0.1) is 19.8 Å². The van der Waals surface area contributed by atoms with Crippen LogP contribution in [0.1, 0.15) is 43.2 Å². The number of hydrogen-bond acceptors (Lipinski definition) is 3. The van der Waals surface area contributed by atoms with Gasteiger partial charge in [0.25, 0.3) is 0 Å². The van der Waals surface area contributed by atoms with Gasteiger partial charge in [0.2, 0.25) is 5.91 Å². The average molecular weight is 347 g/mol. The van der Waals surface area contributed by atoms with Crippen LogP contribution in [0.25, 0.3) is 0 Å². The lowest BCUT2D eigenvalue weighted by Crippen LogP contribution is -2.45. The number of nitrogens with zero attached hydrogens (tertiary/aromatic N) is 1. The Kier molecular flexibility index (Phi) is 4.81. The van der Waals surface area contributed by atoms with E-state index in [1.807, 2.05) is 32.0 Å². The van der Waals surface area contributed by atoms with Gasteiger partial charge in [-0.3, -0.25) is 4.79 Å². The molecule has 0 bridgehead atoms. The molecule has 0 spiro atoms. The lowest BCUT2D eigenvalue weighted by atomic mass is 9.87. The van der Waals surface area contributed by atoms with E-state index in [-0.39, 0.29) is 17.6 Å². The van der Waals surface area contributed by atoms with E-state index in [1.165, 1.54) is 17.4 Å². The quantitative estimate of drug-likeness (QED) is 0.840. The minimum atomic E-state index is -3.21. The number of rotatable bonds is 3. The van der Waals surface area contributed by atoms with Crippen molar-refractivity contribution in [1.82, 2.24) is 0 Å². The molecule has 0 N–H and O–H groups in total. The zero-order chi connectivity index (χ0) is 17.3. The average Bonchev–Trinajstić information content (AvgIpc) is 2.91. The van der Waals surface area contributed by atoms with Crippen molar-refractivity contribution in [2.24, 2.45) is 5.92 Å². The standard InChI is InChI=1S/C19H25NO3S/c1-14-8-9-17(12-15(14)2)20(18-10-11-24(22,23)13-18)19(21)16-6-4-3-5-7-16/h8-12,16,18H,3-7,13H2,1-2H3/t18-/m0/s1. The second-order valence-electron chi connectivity index (χ2n) is 7.04. The predicted molar refractivity (Wildman–Crippen MR) is 96.7 cm³/mol. The summed E-state index contributed by atoms with van der Waals surface area (Å²) in [6, 6.07) is 5.53. The summed E-state index contributed by atoms with van der Waals surface area (Å²) >= 11 is 0. The van der Waals surface area contributed by atoms with Crippen LogP contribution in [0.4, 0.5) is 5.69 Å². The van der Waals surface area contributed by atoms with Crippen molar-refractivity contribution in [2.75, 3.05) is 10.7 Å². The highest BCUT2D eigenvalue weighted by Gasteiger charge is 2.35. The first-order chi connectivity index (χ1) is 11.4. The highest BCUT2D eigenvalue weighted by atomic mass is 32.2. The fraction of sp³-hybridized carbons (Fsp3) is 0.526. The zero-order valence-electron chi connectivity index (χ0n) is 14.4. The van der Waals surface area contributed by atoms with E-state index in [2.05, 4.69) is 0 Å². The van der Waals surface area contributed by atoms with Crippen LogP contribution in [0.2, 0.25) is 0 Å². The first kappa shape index (κ1) is 17.2. The molecule has 0 unspecified atom stereocenters. The Balaban J connectivity index is 1.95. The molecule has 0 radical (unpaired) electrons. The molecule has 1 aromatic carbocycles. The van der Waals surface area contributed by atoms with Crippen molar-refractivity contribution in [3.63, 3.8) is 0 Å². The molecule has 24 heavy (non-hydrogen) atoms. The van der Waals surface area contributed by atoms with Gasteiger partial charge in [-0.25, -0.2) is 8.42 Å². The summed E-state index contributed by atoms with van der Waals surface area (Å²) in [5, 5.41) is 1.25. The largest absolute Gasteiger partial charge is 0.304 e. The molecule has 4 nitrogen and oxygen atoms in total. The van der Waals surface area contributed by atoms with Gasteiger partial charge >= 0.3 is 0 Å². The Morgan fingerprint density at radius 3 is 2.38 bits per heavy atom. The first-order valence-corrected chi connectivity index (χ1v) is 10.4. The van der Waals surface area contributed by atoms with Crippen LogP contribution in [0.3, 0.4) is 0 Å². The topological polar surface area (TPSA) is 54.5 Å². The highest BCUT2D eigenvalue weighted by Crippen LogP contribution is 2.31. The van der Waals surface area contributed by atoms with Gasteiger partial charge in [0.1, 0.15) is 0 Å². The van der Waals surface area contributed by atoms with Crippen molar-refractivity contribution in [1.29, 1.82) is 0 Å². The smallest absolute Gasteiger partial charge is 0.230 e. The van der Waals surface area contributed by atoms with Crippen LogP contribution >= 0.6 is 0 Å². The van der Waals surface area contributed by atoms with Crippen molar-refractivity contribution < 1.29 is 13.2 Å². The Bertz CT molecular complexity index is 761. The molecule has 5 heteroatoms. The number of benzene rings is 1. The van der Waals surface area contributed by atoms with E-state index < -0.39 is 15.9 Å². The SMILES string of the molecule is Cc1ccc(N(C(=O)C2CCCCC2)[C@H]2C=CS(=O)(=O)C2)cc1C. The summed E-state index contributed by atoms with van der Waals surface area (Å²) < 4.78 is 23.7. The Labute approximate surface area is 144 Å². The Hall–Kier alpha value is -1.62. The summed E-state index contributed by atoms with van der Waals surface area (Å²) in [5.41, 5.74) is 3.08. The maximum atomic E-state index is 13.2. The van der Waals surface area contributed by atoms with E-state index in [0.29, 0.717) is 0 Å². The predicted octanol–water partition coefficient (Wildman–Crippen LogP) is 3.53. The van der Waals surface area contributed by atoms with E-state index in [1.54, 1.807) is 11.0 Å². The van der Waals surface area contributed by atoms with Crippen LogP contribution in [0.5, 0.6) is 0 Å². The number of carbonyl (C=O) groups is 1. The second kappa shape index (κ2) is 6.71. The minimum Gasteiger partial charge on any atom is -0.304 e. The lowest BCUT2D eigenvalue weighted by Gasteiger charge is -2.33. The number of amides is 1. The van der Waals surface area contributed by atoms with E-state index >= 15 is 0 Å². The third-order valence-electron chi connectivity index (χ3n) is 5.20. The van der Waals surface area contributed by atoms with Crippen molar-refractivity contribution >= 4 is 21.4 Å². The van der Waals surface area contributed by atoms with Gasteiger partial charge in [-0.15, -0.1) is 0 Å². The molecule has 0 aromatic heterocycles. The molecule has 1 amide bonds. The number of sulfone groups is 1. The molecular weight excluding hydrogens is 322 g/mol. The number of anilines is 1. The number of carbonyl (C=O) groups excluding carboxylic acids is 1. The molecular formula is C19H25NO3S. The normalized spacial score (nSPS) is 23.3. The van der Waals surface area contributed by atoms with E-state index in [4.69, 9.17) is 0 Å². The molecule has 1 saturated carbocycles. The van der Waals surface area contributed by atoms with Gasteiger partial charge in [-0.2, -0.15) is 0 Å². The van der Waals surface area contributed by atoms with Crippen LogP contribution in [0.15, 0.2) is 29.7 Å². The molecule has 1 aliphatic heterocycles. The maximum absolute atomic E-state index is 13.2. The van der Waals surface area contributed by atoms with Crippen molar-refractivity contribution in [3.05, 3.63) is 40.8 Å². The molecule has 1 aromatic rings. The molecule has 2 aliphatic rings. The van der Waals surface area contributed by atoms with Crippen LogP contribution in [-0.2, 0) is 14.6 Å². The highest BCUT2D eigenvalue weighted by molar-refractivity contribution is 7.94. The van der Waals surface area contributed by atoms with Gasteiger partial charge in [0.15, 0.2) is 9.84 Å². The molecule has 1 aliphatic carbocycles. The van der Waals surface area contributed by atoms with Gasteiger partial charge in [0, 0.05) is 17.0 Å². The first-order valence-electron chi connectivity index (χ1n) is 8.69. The van der Waals surface area contributed by atoms with Gasteiger partial charge in [-0.1, -0.05) is 25.3 Å². The summed E-state index contributed by atoms with van der Waals surface area (Å²) in [5.74, 6) is 0.0695. The van der Waals surface area contributed by atoms with Crippen LogP contribution in [-0.4, -0.2) is 26.1 Å². The van der Waals surface area contributed by atoms with Gasteiger partial charge in [-0.05, 0) is 56.0 Å². The van der Waals surface area contributed by atoms with Crippen LogP contribution < -0.4 is 4.90 Å². The Morgan fingerprint density at radius 2 is 1.79 bits per heavy atom. The maximum Gasteiger partial charge on any atom is 0.230 e. The summed E-state index contributed by atoms with van der Waals surface area (Å²) in [6.07, 6.45) is 6.81. The van der Waals surface area contributed by atoms with Gasteiger partial charge < -0.3 is 4.90 Å². The fourth-order valence-corrected chi connectivity index (χ4v) is 4.89. The van der Waals surface area contributed by atoms with E-state index in [0.717, 1.165) is 36.9 Å². The number of aryl methyl sites for hydroxylation is 2. The third kappa shape index (κ3) is 3.56. The molecule has 130 valence electrons. The molecule has 3 rings (SSSR count). The fourth-order valence-electron chi connectivity index (χ4n) is 3.62. The number of hydrogen-bond donors (Lipinski definition) is 0. The lowest BCUT2D eigenvalue weighted by molar-refractivity contribution is -0.123. The summed E-state index contributed by atoms with van der Waals surface area (Å²) in [4.78, 5) is 14.9. The molecule has 1 fully saturated rings.